The van der Waals surface area contributed by atoms with Crippen LogP contribution >= 0.6 is 11.3 Å². The van der Waals surface area contributed by atoms with Crippen LogP contribution in [0.3, 0.4) is 0 Å². The van der Waals surface area contributed by atoms with Gasteiger partial charge in [-0.25, -0.2) is 15.0 Å². The molecule has 0 radical (unpaired) electrons. The second-order valence-corrected chi connectivity index (χ2v) is 15.8. The van der Waals surface area contributed by atoms with Crippen LogP contribution in [-0.2, 0) is 0 Å². The number of fused-ring (bicyclic) bond motifs is 6. The summed E-state index contributed by atoms with van der Waals surface area (Å²) in [6, 6.07) is 39.4. The molecular weight excluding hydrogens is 773 g/mol. The largest absolute Gasteiger partial charge is 0.308 e. The summed E-state index contributed by atoms with van der Waals surface area (Å²) in [5.74, 6) is 0.819. The molecule has 5 heteroatoms. The number of hydrogen-bond acceptors (Lipinski definition) is 4. The minimum absolute atomic E-state index is 0.128. The van der Waals surface area contributed by atoms with Crippen molar-refractivity contribution in [2.24, 2.45) is 0 Å². The molecule has 9 aromatic carbocycles. The van der Waals surface area contributed by atoms with Crippen LogP contribution in [0.2, 0.25) is 0 Å². The van der Waals surface area contributed by atoms with Crippen molar-refractivity contribution in [3.63, 3.8) is 0 Å². The summed E-state index contributed by atoms with van der Waals surface area (Å²) in [5, 5.41) is 1.84. The molecule has 0 atom stereocenters. The van der Waals surface area contributed by atoms with E-state index in [2.05, 4.69) is 24.3 Å². The first-order valence-corrected chi connectivity index (χ1v) is 20.7. The van der Waals surface area contributed by atoms with Crippen LogP contribution in [0.1, 0.15) is 16.4 Å². The van der Waals surface area contributed by atoms with Gasteiger partial charge in [-0.05, 0) is 81.8 Å². The zero-order valence-corrected chi connectivity index (χ0v) is 33.4. The highest BCUT2D eigenvalue weighted by atomic mass is 32.1. The lowest BCUT2D eigenvalue weighted by atomic mass is 10.00. The van der Waals surface area contributed by atoms with Crippen molar-refractivity contribution in [2.45, 2.75) is 0 Å². The van der Waals surface area contributed by atoms with Gasteiger partial charge in [0.25, 0.3) is 0 Å². The Kier molecular flexibility index (Phi) is 6.16. The third-order valence-electron chi connectivity index (χ3n) is 11.0. The monoisotopic (exact) mass is 820 g/mol. The molecule has 0 fully saturated rings. The summed E-state index contributed by atoms with van der Waals surface area (Å²) in [7, 11) is 0. The molecule has 0 unspecified atom stereocenters. The Hall–Kier alpha value is -7.99. The quantitative estimate of drug-likeness (QED) is 0.161. The van der Waals surface area contributed by atoms with Crippen molar-refractivity contribution >= 4 is 53.3 Å². The van der Waals surface area contributed by atoms with E-state index in [0.717, 1.165) is 36.9 Å². The zero-order valence-electron chi connectivity index (χ0n) is 44.6. The summed E-state index contributed by atoms with van der Waals surface area (Å²) in [5.41, 5.74) is 4.12. The van der Waals surface area contributed by atoms with Gasteiger partial charge in [-0.1, -0.05) is 170 Å². The molecule has 0 saturated carbocycles. The average molecular weight is 821 g/mol. The predicted molar refractivity (Wildman–Crippen MR) is 260 cm³/mol. The Balaban J connectivity index is 1.21. The number of nitrogens with zero attached hydrogens (tertiary/aromatic N) is 4. The fourth-order valence-corrected chi connectivity index (χ4v) is 9.20. The standard InChI is InChI=1S/C57H36N4S/c1-4-15-37(16-5-1)40-21-14-22-44(33-40)56-58-55(39-19-8-3-9-20-39)59-57(60-56)48-31-28-42(43-27-30-47-46-24-11-13-26-53(46)62-54(47)36-43)35-52(48)61-50-25-12-10-23-45(50)49-34-41(29-32-51(49)61)38-17-6-2-7-18-38/h1-36H/i2D,6D,7D,10D,12D,17D,18D,23D,25D,29D,32D,34D. The van der Waals surface area contributed by atoms with Crippen LogP contribution in [0.15, 0.2) is 218 Å². The molecule has 0 amide bonds. The topological polar surface area (TPSA) is 43.6 Å². The molecule has 0 spiro atoms. The molecule has 62 heavy (non-hydrogen) atoms. The van der Waals surface area contributed by atoms with Crippen LogP contribution < -0.4 is 0 Å². The third-order valence-corrected chi connectivity index (χ3v) is 12.1. The van der Waals surface area contributed by atoms with E-state index in [1.807, 2.05) is 121 Å². The van der Waals surface area contributed by atoms with Gasteiger partial charge in [0.15, 0.2) is 17.5 Å². The lowest BCUT2D eigenvalue weighted by molar-refractivity contribution is 1.06. The highest BCUT2D eigenvalue weighted by Crippen LogP contribution is 2.41. The Morgan fingerprint density at radius 2 is 1.00 bits per heavy atom. The molecule has 0 bridgehead atoms. The number of aromatic nitrogens is 4. The predicted octanol–water partition coefficient (Wildman–Crippen LogP) is 15.3. The van der Waals surface area contributed by atoms with E-state index >= 15 is 0 Å². The maximum atomic E-state index is 9.86. The molecule has 0 aliphatic carbocycles. The van der Waals surface area contributed by atoms with Crippen LogP contribution in [0.4, 0.5) is 0 Å². The number of hydrogen-bond donors (Lipinski definition) is 0. The van der Waals surface area contributed by atoms with Gasteiger partial charge in [0, 0.05) is 47.6 Å². The molecule has 0 aliphatic rings. The van der Waals surface area contributed by atoms with Gasteiger partial charge in [-0.3, -0.25) is 0 Å². The lowest BCUT2D eigenvalue weighted by Crippen LogP contribution is -2.04. The Labute approximate surface area is 379 Å². The zero-order chi connectivity index (χ0) is 51.4. The lowest BCUT2D eigenvalue weighted by Gasteiger charge is -2.17. The molecule has 12 rings (SSSR count). The second kappa shape index (κ2) is 14.9. The second-order valence-electron chi connectivity index (χ2n) is 14.7. The minimum Gasteiger partial charge on any atom is -0.308 e. The number of benzene rings is 9. The first-order chi connectivity index (χ1) is 35.7. The van der Waals surface area contributed by atoms with Crippen LogP contribution in [0, 0.1) is 0 Å². The molecule has 290 valence electrons. The molecule has 4 nitrogen and oxygen atoms in total. The van der Waals surface area contributed by atoms with Gasteiger partial charge in [0.05, 0.1) is 33.2 Å². The van der Waals surface area contributed by atoms with Crippen LogP contribution in [-0.4, -0.2) is 19.5 Å². The van der Waals surface area contributed by atoms with Crippen molar-refractivity contribution in [3.05, 3.63) is 218 Å². The number of thiophene rings is 1. The maximum absolute atomic E-state index is 9.86. The van der Waals surface area contributed by atoms with Crippen molar-refractivity contribution < 1.29 is 16.4 Å². The van der Waals surface area contributed by atoms with Gasteiger partial charge in [-0.15, -0.1) is 11.3 Å². The van der Waals surface area contributed by atoms with Gasteiger partial charge in [0.2, 0.25) is 0 Å². The Morgan fingerprint density at radius 3 is 1.85 bits per heavy atom. The van der Waals surface area contributed by atoms with Gasteiger partial charge in [0.1, 0.15) is 0 Å². The number of rotatable bonds is 7. The van der Waals surface area contributed by atoms with Crippen LogP contribution in [0.5, 0.6) is 0 Å². The van der Waals surface area contributed by atoms with E-state index in [9.17, 15) is 6.85 Å². The molecular formula is C57H36N4S. The number of para-hydroxylation sites is 1. The first-order valence-electron chi connectivity index (χ1n) is 25.9. The van der Waals surface area contributed by atoms with Gasteiger partial charge < -0.3 is 4.57 Å². The molecule has 0 aliphatic heterocycles. The summed E-state index contributed by atoms with van der Waals surface area (Å²) in [4.78, 5) is 15.3. The first kappa shape index (κ1) is 25.6. The highest BCUT2D eigenvalue weighted by molar-refractivity contribution is 7.25. The Morgan fingerprint density at radius 1 is 0.371 bits per heavy atom. The van der Waals surface area contributed by atoms with E-state index in [4.69, 9.17) is 24.5 Å². The van der Waals surface area contributed by atoms with Crippen molar-refractivity contribution in [2.75, 3.05) is 0 Å². The van der Waals surface area contributed by atoms with E-state index in [1.165, 1.54) is 4.57 Å². The van der Waals surface area contributed by atoms with Gasteiger partial charge in [-0.2, -0.15) is 0 Å². The third kappa shape index (κ3) is 6.26. The minimum atomic E-state index is -0.704. The average Bonchev–Trinajstić information content (AvgIpc) is 4.02. The normalized spacial score (nSPS) is 14.3. The molecule has 3 aromatic heterocycles. The Bertz CT molecular complexity index is 4320. The van der Waals surface area contributed by atoms with Crippen molar-refractivity contribution in [1.82, 2.24) is 19.5 Å². The smallest absolute Gasteiger partial charge is 0.166 e. The van der Waals surface area contributed by atoms with E-state index in [1.54, 1.807) is 11.3 Å². The summed E-state index contributed by atoms with van der Waals surface area (Å²) in [6.45, 7) is 0. The van der Waals surface area contributed by atoms with Crippen LogP contribution in [0.25, 0.3) is 115 Å². The molecule has 0 N–H and O–H groups in total. The maximum Gasteiger partial charge on any atom is 0.166 e. The van der Waals surface area contributed by atoms with Crippen molar-refractivity contribution in [1.29, 1.82) is 0 Å². The molecule has 3 heterocycles. The summed E-state index contributed by atoms with van der Waals surface area (Å²) in [6.07, 6.45) is 0. The SMILES string of the molecule is [2H]c1c([2H])c([2H])c(-c2c([2H])c([2H])c3c(c2[2H])c2c([2H])c([2H])c([2H])c([2H])c2n3-c2cc(-c3ccc4c(c3)sc3ccccc34)ccc2-c2nc(-c3ccccc3)nc(-c3cccc(-c4ccccc4)c3)n2)c([2H])c1[2H]. The summed E-state index contributed by atoms with van der Waals surface area (Å²) >= 11 is 1.65. The molecule has 12 aromatic rings. The van der Waals surface area contributed by atoms with E-state index in [0.29, 0.717) is 33.9 Å². The summed E-state index contributed by atoms with van der Waals surface area (Å²) < 4.78 is 113. The molecule has 0 saturated heterocycles. The van der Waals surface area contributed by atoms with E-state index in [-0.39, 0.29) is 33.3 Å². The van der Waals surface area contributed by atoms with E-state index < -0.39 is 83.6 Å². The fraction of sp³-hybridized carbons (Fsp3) is 0. The van der Waals surface area contributed by atoms with Gasteiger partial charge >= 0.3 is 0 Å². The fourth-order valence-electron chi connectivity index (χ4n) is 8.06. The van der Waals surface area contributed by atoms with Crippen molar-refractivity contribution in [3.8, 4) is 73.2 Å². The highest BCUT2D eigenvalue weighted by Gasteiger charge is 2.21.